The lowest BCUT2D eigenvalue weighted by atomic mass is 9.97. The maximum Gasteiger partial charge on any atom is 0.339 e. The normalized spacial score (nSPS) is 13.1. The van der Waals surface area contributed by atoms with Crippen LogP contribution in [0.25, 0.3) is 0 Å². The van der Waals surface area contributed by atoms with Gasteiger partial charge in [0.25, 0.3) is 11.8 Å². The lowest BCUT2D eigenvalue weighted by molar-refractivity contribution is 0.0278. The van der Waals surface area contributed by atoms with E-state index in [2.05, 4.69) is 0 Å². The van der Waals surface area contributed by atoms with Crippen molar-refractivity contribution >= 4 is 41.0 Å². The predicted molar refractivity (Wildman–Crippen MR) is 214 cm³/mol. The molecule has 0 saturated carbocycles. The molecule has 57 heavy (non-hydrogen) atoms. The molecule has 282 valence electrons. The van der Waals surface area contributed by atoms with Gasteiger partial charge in [-0.05, 0) is 105 Å². The average Bonchev–Trinajstić information content (AvgIpc) is 3.48. The predicted octanol–water partition coefficient (Wildman–Crippen LogP) is 9.28. The number of rotatable bonds is 11. The average molecular weight is 756 g/mol. The summed E-state index contributed by atoms with van der Waals surface area (Å²) in [4.78, 5) is 82.7. The fourth-order valence-corrected chi connectivity index (χ4v) is 6.59. The summed E-state index contributed by atoms with van der Waals surface area (Å²) in [6.07, 6.45) is -2.48. The Bertz CT molecular complexity index is 2580. The Morgan fingerprint density at radius 1 is 0.439 bits per heavy atom. The van der Waals surface area contributed by atoms with Crippen molar-refractivity contribution in [3.8, 4) is 0 Å². The third-order valence-corrected chi connectivity index (χ3v) is 10.2. The van der Waals surface area contributed by atoms with Gasteiger partial charge in [0.1, 0.15) is 0 Å². The first kappa shape index (κ1) is 38.0. The van der Waals surface area contributed by atoms with Crippen LogP contribution in [0.2, 0.25) is 0 Å². The monoisotopic (exact) mass is 755 g/mol. The van der Waals surface area contributed by atoms with E-state index in [1.807, 2.05) is 39.8 Å². The van der Waals surface area contributed by atoms with Crippen molar-refractivity contribution in [2.24, 2.45) is 0 Å². The number of amides is 2. The van der Waals surface area contributed by atoms with Crippen LogP contribution in [-0.4, -0.2) is 35.3 Å². The first-order chi connectivity index (χ1) is 27.4. The molecule has 0 aromatic heterocycles. The van der Waals surface area contributed by atoms with Crippen LogP contribution in [0.5, 0.6) is 0 Å². The standard InChI is InChI=1S/C48H37NO8/c1-28-15-17-35(25-30(28)3)41(50)43(32-11-7-5-8-12-32)56-47(54)34-19-22-38(23-20-34)49-45(52)39-24-21-37(27-40(39)46(49)53)48(55)57-44(33-13-9-6-10-14-33)42(51)36-18-16-29(2)31(4)26-36/h5-27,43-44H,1-4H3/t43-,44-/m0/s1. The van der Waals surface area contributed by atoms with E-state index in [1.54, 1.807) is 84.9 Å². The maximum atomic E-state index is 13.7. The largest absolute Gasteiger partial charge is 0.445 e. The Hall–Kier alpha value is -7.26. The highest BCUT2D eigenvalue weighted by atomic mass is 16.6. The van der Waals surface area contributed by atoms with Gasteiger partial charge in [0.2, 0.25) is 11.6 Å². The van der Waals surface area contributed by atoms with Crippen molar-refractivity contribution < 1.29 is 38.2 Å². The van der Waals surface area contributed by atoms with E-state index in [0.29, 0.717) is 22.3 Å². The summed E-state index contributed by atoms with van der Waals surface area (Å²) in [5, 5.41) is 0. The van der Waals surface area contributed by atoms with Crippen LogP contribution in [0.1, 0.15) is 108 Å². The number of ketones is 2. The van der Waals surface area contributed by atoms with Gasteiger partial charge in [-0.3, -0.25) is 19.2 Å². The topological polar surface area (TPSA) is 124 Å². The number of nitrogens with zero attached hydrogens (tertiary/aromatic N) is 1. The van der Waals surface area contributed by atoms with E-state index >= 15 is 0 Å². The van der Waals surface area contributed by atoms with E-state index in [0.717, 1.165) is 27.2 Å². The van der Waals surface area contributed by atoms with Gasteiger partial charge in [0, 0.05) is 22.3 Å². The van der Waals surface area contributed by atoms with Gasteiger partial charge in [-0.2, -0.15) is 0 Å². The molecule has 0 bridgehead atoms. The Balaban J connectivity index is 1.09. The smallest absolute Gasteiger partial charge is 0.339 e. The van der Waals surface area contributed by atoms with E-state index in [-0.39, 0.29) is 33.7 Å². The molecule has 9 nitrogen and oxygen atoms in total. The summed E-state index contributed by atoms with van der Waals surface area (Å²) in [5.41, 5.74) is 5.94. The lowest BCUT2D eigenvalue weighted by Crippen LogP contribution is -2.29. The molecular weight excluding hydrogens is 719 g/mol. The van der Waals surface area contributed by atoms with E-state index in [4.69, 9.17) is 9.47 Å². The summed E-state index contributed by atoms with van der Waals surface area (Å²) in [6.45, 7) is 7.67. The Kier molecular flexibility index (Phi) is 10.6. The van der Waals surface area contributed by atoms with Crippen LogP contribution in [0.15, 0.2) is 140 Å². The van der Waals surface area contributed by atoms with Crippen LogP contribution >= 0.6 is 0 Å². The van der Waals surface area contributed by atoms with Gasteiger partial charge in [-0.25, -0.2) is 14.5 Å². The first-order valence-corrected chi connectivity index (χ1v) is 18.3. The number of ether oxygens (including phenoxy) is 2. The van der Waals surface area contributed by atoms with E-state index in [9.17, 15) is 28.8 Å². The zero-order valence-corrected chi connectivity index (χ0v) is 31.6. The number of imide groups is 1. The molecule has 1 aliphatic rings. The molecule has 0 spiro atoms. The molecule has 6 aromatic rings. The van der Waals surface area contributed by atoms with Crippen LogP contribution in [0, 0.1) is 27.7 Å². The number of fused-ring (bicyclic) bond motifs is 1. The van der Waals surface area contributed by atoms with Crippen molar-refractivity contribution in [1.29, 1.82) is 0 Å². The number of carbonyl (C=O) groups excluding carboxylic acids is 6. The Labute approximate surface area is 329 Å². The molecule has 9 heteroatoms. The molecule has 1 heterocycles. The molecule has 2 amide bonds. The van der Waals surface area contributed by atoms with Crippen molar-refractivity contribution in [2.75, 3.05) is 4.90 Å². The zero-order chi connectivity index (χ0) is 40.4. The summed E-state index contributed by atoms with van der Waals surface area (Å²) in [7, 11) is 0. The highest BCUT2D eigenvalue weighted by molar-refractivity contribution is 6.34. The number of aryl methyl sites for hydroxylation is 4. The van der Waals surface area contributed by atoms with Gasteiger partial charge < -0.3 is 9.47 Å². The molecule has 0 radical (unpaired) electrons. The summed E-state index contributed by atoms with van der Waals surface area (Å²) >= 11 is 0. The maximum absolute atomic E-state index is 13.7. The first-order valence-electron chi connectivity index (χ1n) is 18.3. The molecule has 7 rings (SSSR count). The number of anilines is 1. The van der Waals surface area contributed by atoms with Crippen molar-refractivity contribution in [3.05, 3.63) is 206 Å². The third kappa shape index (κ3) is 7.68. The Morgan fingerprint density at radius 3 is 1.33 bits per heavy atom. The molecule has 0 saturated heterocycles. The van der Waals surface area contributed by atoms with Crippen molar-refractivity contribution in [1.82, 2.24) is 0 Å². The van der Waals surface area contributed by atoms with Crippen LogP contribution in [0.4, 0.5) is 5.69 Å². The number of Topliss-reactive ketones (excluding diaryl/α,β-unsaturated/α-hetero) is 2. The van der Waals surface area contributed by atoms with Crippen LogP contribution in [0.3, 0.4) is 0 Å². The van der Waals surface area contributed by atoms with Crippen LogP contribution < -0.4 is 4.90 Å². The van der Waals surface area contributed by atoms with Crippen LogP contribution in [-0.2, 0) is 9.47 Å². The second-order valence-corrected chi connectivity index (χ2v) is 14.0. The minimum Gasteiger partial charge on any atom is -0.445 e. The molecule has 6 aromatic carbocycles. The third-order valence-electron chi connectivity index (χ3n) is 10.2. The number of hydrogen-bond acceptors (Lipinski definition) is 8. The SMILES string of the molecule is Cc1ccc(C(=O)[C@@H](OC(=O)c2ccc(N3C(=O)c4ccc(C(=O)O[C@H](C(=O)c5ccc(C)c(C)c5)c5ccccc5)cc4C3=O)cc2)c2ccccc2)cc1C. The quantitative estimate of drug-likeness (QED) is 0.0728. The fraction of sp³-hybridized carbons (Fsp3) is 0.125. The van der Waals surface area contributed by atoms with Gasteiger partial charge in [-0.15, -0.1) is 0 Å². The number of benzene rings is 6. The summed E-state index contributed by atoms with van der Waals surface area (Å²) < 4.78 is 11.6. The van der Waals surface area contributed by atoms with E-state index < -0.39 is 41.7 Å². The zero-order valence-electron chi connectivity index (χ0n) is 31.6. The highest BCUT2D eigenvalue weighted by Crippen LogP contribution is 2.32. The fourth-order valence-electron chi connectivity index (χ4n) is 6.59. The van der Waals surface area contributed by atoms with Gasteiger partial charge in [-0.1, -0.05) is 84.9 Å². The highest BCUT2D eigenvalue weighted by Gasteiger charge is 2.38. The minimum absolute atomic E-state index is 0.0213. The molecule has 0 unspecified atom stereocenters. The van der Waals surface area contributed by atoms with Crippen molar-refractivity contribution in [2.45, 2.75) is 39.9 Å². The minimum atomic E-state index is -1.26. The van der Waals surface area contributed by atoms with E-state index in [1.165, 1.54) is 42.5 Å². The second kappa shape index (κ2) is 15.8. The van der Waals surface area contributed by atoms with Gasteiger partial charge in [0.05, 0.1) is 27.9 Å². The summed E-state index contributed by atoms with van der Waals surface area (Å²) in [6, 6.07) is 37.6. The molecule has 0 aliphatic carbocycles. The lowest BCUT2D eigenvalue weighted by Gasteiger charge is -2.19. The van der Waals surface area contributed by atoms with Gasteiger partial charge >= 0.3 is 11.9 Å². The second-order valence-electron chi connectivity index (χ2n) is 14.0. The molecule has 1 aliphatic heterocycles. The molecular formula is C48H37NO8. The molecule has 2 atom stereocenters. The Morgan fingerprint density at radius 2 is 0.860 bits per heavy atom. The molecule has 0 fully saturated rings. The number of carbonyl (C=O) groups is 6. The molecule has 0 N–H and O–H groups in total. The van der Waals surface area contributed by atoms with Crippen molar-refractivity contribution in [3.63, 3.8) is 0 Å². The number of esters is 2. The van der Waals surface area contributed by atoms with Gasteiger partial charge in [0.15, 0.2) is 12.2 Å². The summed E-state index contributed by atoms with van der Waals surface area (Å²) in [5.74, 6) is -3.73. The number of hydrogen-bond donors (Lipinski definition) is 0.